The smallest absolute Gasteiger partial charge is 0.290 e. The van der Waals surface area contributed by atoms with Crippen molar-refractivity contribution in [2.45, 2.75) is 20.4 Å². The number of aryl methyl sites for hydroxylation is 2. The molecule has 21 heavy (non-hydrogen) atoms. The van der Waals surface area contributed by atoms with Gasteiger partial charge < -0.3 is 13.8 Å². The monoisotopic (exact) mass is 284 g/mol. The Morgan fingerprint density at radius 1 is 1.29 bits per heavy atom. The molecular formula is C16H16N2O3. The highest BCUT2D eigenvalue weighted by Crippen LogP contribution is 2.27. The first-order chi connectivity index (χ1) is 10.1. The highest BCUT2D eigenvalue weighted by Gasteiger charge is 2.21. The number of hydrogen-bond acceptors (Lipinski definition) is 4. The number of furan rings is 1. The predicted octanol–water partition coefficient (Wildman–Crippen LogP) is 3.31. The Kier molecular flexibility index (Phi) is 3.25. The molecule has 0 aliphatic carbocycles. The van der Waals surface area contributed by atoms with Crippen molar-refractivity contribution in [1.29, 1.82) is 0 Å². The molecule has 0 saturated heterocycles. The van der Waals surface area contributed by atoms with E-state index in [4.69, 9.17) is 8.94 Å². The van der Waals surface area contributed by atoms with E-state index in [0.717, 1.165) is 22.1 Å². The van der Waals surface area contributed by atoms with E-state index in [9.17, 15) is 4.79 Å². The SMILES string of the molecule is Cc1ccc2c(C)c(C(=O)N(C)Cc3ccno3)oc2c1. The van der Waals surface area contributed by atoms with Crippen LogP contribution in [0.2, 0.25) is 0 Å². The summed E-state index contributed by atoms with van der Waals surface area (Å²) in [4.78, 5) is 14.1. The predicted molar refractivity (Wildman–Crippen MR) is 78.0 cm³/mol. The lowest BCUT2D eigenvalue weighted by atomic mass is 10.1. The van der Waals surface area contributed by atoms with Crippen molar-refractivity contribution in [3.8, 4) is 0 Å². The fourth-order valence-electron chi connectivity index (χ4n) is 2.34. The molecule has 3 rings (SSSR count). The van der Waals surface area contributed by atoms with E-state index in [1.54, 1.807) is 24.2 Å². The minimum Gasteiger partial charge on any atom is -0.451 e. The van der Waals surface area contributed by atoms with Crippen LogP contribution in [0.3, 0.4) is 0 Å². The Hall–Kier alpha value is -2.56. The third kappa shape index (κ3) is 2.42. The third-order valence-corrected chi connectivity index (χ3v) is 3.52. The van der Waals surface area contributed by atoms with Gasteiger partial charge in [0, 0.05) is 24.1 Å². The summed E-state index contributed by atoms with van der Waals surface area (Å²) in [7, 11) is 1.71. The fourth-order valence-corrected chi connectivity index (χ4v) is 2.34. The summed E-state index contributed by atoms with van der Waals surface area (Å²) in [5.41, 5.74) is 2.70. The standard InChI is InChI=1S/C16H16N2O3/c1-10-4-5-13-11(2)15(20-14(13)8-10)16(19)18(3)9-12-6-7-17-21-12/h4-8H,9H2,1-3H3. The largest absolute Gasteiger partial charge is 0.451 e. The molecule has 1 aromatic carbocycles. The van der Waals surface area contributed by atoms with E-state index in [1.165, 1.54) is 0 Å². The van der Waals surface area contributed by atoms with E-state index in [1.807, 2.05) is 32.0 Å². The van der Waals surface area contributed by atoms with Gasteiger partial charge in [0.2, 0.25) is 0 Å². The second-order valence-corrected chi connectivity index (χ2v) is 5.20. The summed E-state index contributed by atoms with van der Waals surface area (Å²) in [6.07, 6.45) is 1.56. The number of carbonyl (C=O) groups is 1. The molecule has 0 atom stereocenters. The summed E-state index contributed by atoms with van der Waals surface area (Å²) in [6, 6.07) is 7.67. The van der Waals surface area contributed by atoms with Gasteiger partial charge in [0.15, 0.2) is 11.5 Å². The van der Waals surface area contributed by atoms with Gasteiger partial charge >= 0.3 is 0 Å². The maximum absolute atomic E-state index is 12.5. The molecule has 5 nitrogen and oxygen atoms in total. The van der Waals surface area contributed by atoms with Gasteiger partial charge in [-0.05, 0) is 25.5 Å². The van der Waals surface area contributed by atoms with E-state index < -0.39 is 0 Å². The van der Waals surface area contributed by atoms with Crippen LogP contribution in [-0.2, 0) is 6.54 Å². The number of hydrogen-bond donors (Lipinski definition) is 0. The van der Waals surface area contributed by atoms with Crippen molar-refractivity contribution in [3.05, 3.63) is 53.1 Å². The van der Waals surface area contributed by atoms with Crippen LogP contribution < -0.4 is 0 Å². The first-order valence-corrected chi connectivity index (χ1v) is 6.71. The fraction of sp³-hybridized carbons (Fsp3) is 0.250. The molecule has 0 saturated carbocycles. The van der Waals surface area contributed by atoms with Gasteiger partial charge in [0.1, 0.15) is 5.58 Å². The van der Waals surface area contributed by atoms with Crippen molar-refractivity contribution in [1.82, 2.24) is 10.1 Å². The summed E-state index contributed by atoms with van der Waals surface area (Å²) in [5.74, 6) is 0.839. The molecule has 0 N–H and O–H groups in total. The molecule has 0 bridgehead atoms. The molecule has 0 fully saturated rings. The zero-order valence-corrected chi connectivity index (χ0v) is 12.2. The maximum atomic E-state index is 12.5. The van der Waals surface area contributed by atoms with Crippen LogP contribution in [0.5, 0.6) is 0 Å². The number of benzene rings is 1. The van der Waals surface area contributed by atoms with Crippen molar-refractivity contribution in [3.63, 3.8) is 0 Å². The van der Waals surface area contributed by atoms with Crippen molar-refractivity contribution in [2.75, 3.05) is 7.05 Å². The number of carbonyl (C=O) groups excluding carboxylic acids is 1. The van der Waals surface area contributed by atoms with Gasteiger partial charge in [-0.2, -0.15) is 0 Å². The first kappa shape index (κ1) is 13.4. The minimum atomic E-state index is -0.169. The van der Waals surface area contributed by atoms with Gasteiger partial charge in [0.25, 0.3) is 5.91 Å². The average molecular weight is 284 g/mol. The number of nitrogens with zero attached hydrogens (tertiary/aromatic N) is 2. The Bertz CT molecular complexity index is 787. The van der Waals surface area contributed by atoms with Crippen LogP contribution in [0.4, 0.5) is 0 Å². The van der Waals surface area contributed by atoms with Gasteiger partial charge in [0.05, 0.1) is 12.7 Å². The van der Waals surface area contributed by atoms with Crippen molar-refractivity contribution >= 4 is 16.9 Å². The first-order valence-electron chi connectivity index (χ1n) is 6.71. The van der Waals surface area contributed by atoms with E-state index >= 15 is 0 Å². The zero-order chi connectivity index (χ0) is 15.0. The molecule has 5 heteroatoms. The lowest BCUT2D eigenvalue weighted by molar-refractivity contribution is 0.0742. The van der Waals surface area contributed by atoms with Gasteiger partial charge in [-0.3, -0.25) is 4.79 Å². The van der Waals surface area contributed by atoms with E-state index in [0.29, 0.717) is 18.1 Å². The molecule has 2 aromatic heterocycles. The lowest BCUT2D eigenvalue weighted by Gasteiger charge is -2.13. The molecule has 0 radical (unpaired) electrons. The summed E-state index contributed by atoms with van der Waals surface area (Å²) < 4.78 is 10.8. The number of amides is 1. The van der Waals surface area contributed by atoms with Crippen LogP contribution in [0.25, 0.3) is 11.0 Å². The maximum Gasteiger partial charge on any atom is 0.290 e. The minimum absolute atomic E-state index is 0.169. The van der Waals surface area contributed by atoms with Gasteiger partial charge in [-0.25, -0.2) is 0 Å². The van der Waals surface area contributed by atoms with E-state index in [-0.39, 0.29) is 5.91 Å². The summed E-state index contributed by atoms with van der Waals surface area (Å²) in [5, 5.41) is 4.60. The quantitative estimate of drug-likeness (QED) is 0.740. The van der Waals surface area contributed by atoms with Gasteiger partial charge in [-0.1, -0.05) is 17.3 Å². The Labute approximate surface area is 122 Å². The Balaban J connectivity index is 1.92. The molecule has 0 aliphatic rings. The molecular weight excluding hydrogens is 268 g/mol. The summed E-state index contributed by atoms with van der Waals surface area (Å²) >= 11 is 0. The summed E-state index contributed by atoms with van der Waals surface area (Å²) in [6.45, 7) is 4.25. The highest BCUT2D eigenvalue weighted by atomic mass is 16.5. The van der Waals surface area contributed by atoms with Crippen molar-refractivity contribution < 1.29 is 13.7 Å². The molecule has 1 amide bonds. The third-order valence-electron chi connectivity index (χ3n) is 3.52. The Morgan fingerprint density at radius 2 is 2.10 bits per heavy atom. The van der Waals surface area contributed by atoms with Crippen LogP contribution >= 0.6 is 0 Å². The number of fused-ring (bicyclic) bond motifs is 1. The van der Waals surface area contributed by atoms with Crippen LogP contribution in [0.15, 0.2) is 39.4 Å². The highest BCUT2D eigenvalue weighted by molar-refractivity contribution is 5.98. The lowest BCUT2D eigenvalue weighted by Crippen LogP contribution is -2.26. The zero-order valence-electron chi connectivity index (χ0n) is 12.2. The number of aromatic nitrogens is 1. The topological polar surface area (TPSA) is 59.5 Å². The van der Waals surface area contributed by atoms with E-state index in [2.05, 4.69) is 5.16 Å². The van der Waals surface area contributed by atoms with Crippen LogP contribution in [0.1, 0.15) is 27.4 Å². The Morgan fingerprint density at radius 3 is 2.81 bits per heavy atom. The second-order valence-electron chi connectivity index (χ2n) is 5.20. The number of rotatable bonds is 3. The molecule has 108 valence electrons. The van der Waals surface area contributed by atoms with Crippen LogP contribution in [-0.4, -0.2) is 23.0 Å². The molecule has 3 aromatic rings. The average Bonchev–Trinajstić information content (AvgIpc) is 3.06. The van der Waals surface area contributed by atoms with Crippen LogP contribution in [0, 0.1) is 13.8 Å². The molecule has 2 heterocycles. The molecule has 0 unspecified atom stereocenters. The second kappa shape index (κ2) is 5.09. The van der Waals surface area contributed by atoms with Gasteiger partial charge in [-0.15, -0.1) is 0 Å². The molecule has 0 spiro atoms. The molecule has 0 aliphatic heterocycles. The normalized spacial score (nSPS) is 11.0. The van der Waals surface area contributed by atoms with Crippen molar-refractivity contribution in [2.24, 2.45) is 0 Å².